The van der Waals surface area contributed by atoms with Crippen LogP contribution < -0.4 is 19.6 Å². The fraction of sp³-hybridized carbons (Fsp3) is 0. The highest BCUT2D eigenvalue weighted by molar-refractivity contribution is 7.00. The van der Waals surface area contributed by atoms with Crippen LogP contribution in [0, 0.1) is 0 Å². The number of fused-ring (bicyclic) bond motifs is 3. The maximum absolute atomic E-state index is 5.05. The predicted octanol–water partition coefficient (Wildman–Crippen LogP) is 17.9. The minimum atomic E-state index is 0.816. The monoisotopic (exact) mass is 904 g/mol. The van der Waals surface area contributed by atoms with Crippen LogP contribution in [-0.4, -0.2) is 8.75 Å². The van der Waals surface area contributed by atoms with Crippen molar-refractivity contribution < 1.29 is 0 Å². The molecule has 0 aliphatic carbocycles. The molecule has 328 valence electrons. The Hall–Kier alpha value is -9.04. The Bertz CT molecular complexity index is 3430. The number of hydrogen-bond donors (Lipinski definition) is 0. The third-order valence-corrected chi connectivity index (χ3v) is 13.2. The van der Waals surface area contributed by atoms with E-state index >= 15 is 0 Å². The fourth-order valence-corrected chi connectivity index (χ4v) is 10.1. The molecular formula is C62H44N6S. The van der Waals surface area contributed by atoms with Gasteiger partial charge in [0.1, 0.15) is 11.0 Å². The third kappa shape index (κ3) is 7.86. The van der Waals surface area contributed by atoms with Crippen LogP contribution in [0.2, 0.25) is 0 Å². The second kappa shape index (κ2) is 18.3. The van der Waals surface area contributed by atoms with Gasteiger partial charge in [-0.2, -0.15) is 8.75 Å². The van der Waals surface area contributed by atoms with Crippen molar-refractivity contribution in [2.24, 2.45) is 0 Å². The molecule has 0 radical (unpaired) electrons. The molecule has 6 nitrogen and oxygen atoms in total. The van der Waals surface area contributed by atoms with Crippen molar-refractivity contribution in [1.82, 2.24) is 8.75 Å². The lowest BCUT2D eigenvalue weighted by atomic mass is 10.1. The molecule has 0 saturated heterocycles. The molecule has 0 saturated carbocycles. The van der Waals surface area contributed by atoms with Crippen molar-refractivity contribution in [2.45, 2.75) is 0 Å². The Morgan fingerprint density at radius 2 is 0.478 bits per heavy atom. The van der Waals surface area contributed by atoms with Crippen LogP contribution >= 0.6 is 11.7 Å². The zero-order valence-electron chi connectivity index (χ0n) is 37.5. The van der Waals surface area contributed by atoms with E-state index in [0.29, 0.717) is 0 Å². The van der Waals surface area contributed by atoms with Gasteiger partial charge in [0.05, 0.1) is 34.5 Å². The number of benzene rings is 11. The topological polar surface area (TPSA) is 38.7 Å². The molecule has 0 atom stereocenters. The zero-order chi connectivity index (χ0) is 45.9. The van der Waals surface area contributed by atoms with Crippen LogP contribution in [0.3, 0.4) is 0 Å². The summed E-state index contributed by atoms with van der Waals surface area (Å²) in [7, 11) is 0. The summed E-state index contributed by atoms with van der Waals surface area (Å²) in [6.45, 7) is 0. The van der Waals surface area contributed by atoms with Crippen LogP contribution in [0.15, 0.2) is 267 Å². The van der Waals surface area contributed by atoms with Crippen LogP contribution in [0.4, 0.5) is 68.2 Å². The van der Waals surface area contributed by atoms with E-state index in [9.17, 15) is 0 Å². The molecule has 0 unspecified atom stereocenters. The van der Waals surface area contributed by atoms with Gasteiger partial charge >= 0.3 is 0 Å². The van der Waals surface area contributed by atoms with Crippen molar-refractivity contribution in [3.8, 4) is 0 Å². The first-order chi connectivity index (χ1) is 34.3. The molecule has 0 amide bonds. The van der Waals surface area contributed by atoms with Crippen molar-refractivity contribution in [3.63, 3.8) is 0 Å². The summed E-state index contributed by atoms with van der Waals surface area (Å²) in [4.78, 5) is 9.25. The molecule has 0 aliphatic heterocycles. The van der Waals surface area contributed by atoms with E-state index in [-0.39, 0.29) is 0 Å². The van der Waals surface area contributed by atoms with Crippen molar-refractivity contribution in [1.29, 1.82) is 0 Å². The first-order valence-corrected chi connectivity index (χ1v) is 23.8. The van der Waals surface area contributed by atoms with E-state index in [4.69, 9.17) is 8.75 Å². The second-order valence-electron chi connectivity index (χ2n) is 16.8. The summed E-state index contributed by atoms with van der Waals surface area (Å²) < 4.78 is 10.1. The standard InChI is InChI=1S/C62H44N6S/c1-5-23-47(24-6-1)65(57-33-17-21-45-19-13-15-31-55(45)57)51-35-39-53(40-36-51)67(49-27-9-3-10-28-49)59-43-44-60(62-61(59)63-69-64-62)68(50-29-11-4-12-30-50)54-41-37-52(38-42-54)66(48-25-7-2-8-26-48)58-34-18-22-46-20-14-16-32-56(46)58/h1-44H. The van der Waals surface area contributed by atoms with Gasteiger partial charge in [-0.25, -0.2) is 0 Å². The van der Waals surface area contributed by atoms with Crippen LogP contribution in [0.25, 0.3) is 32.6 Å². The lowest BCUT2D eigenvalue weighted by Crippen LogP contribution is -2.14. The minimum absolute atomic E-state index is 0.816. The number of para-hydroxylation sites is 4. The van der Waals surface area contributed by atoms with Gasteiger partial charge in [-0.15, -0.1) is 0 Å². The highest BCUT2D eigenvalue weighted by Gasteiger charge is 2.25. The van der Waals surface area contributed by atoms with E-state index < -0.39 is 0 Å². The molecule has 1 aromatic heterocycles. The molecular weight excluding hydrogens is 861 g/mol. The minimum Gasteiger partial charge on any atom is -0.310 e. The van der Waals surface area contributed by atoms with Gasteiger partial charge in [-0.05, 0) is 132 Å². The normalized spacial score (nSPS) is 11.2. The largest absolute Gasteiger partial charge is 0.310 e. The summed E-state index contributed by atoms with van der Waals surface area (Å²) in [6, 6.07) is 94.4. The quantitative estimate of drug-likeness (QED) is 0.122. The summed E-state index contributed by atoms with van der Waals surface area (Å²) in [6.07, 6.45) is 0. The van der Waals surface area contributed by atoms with Crippen LogP contribution in [0.5, 0.6) is 0 Å². The SMILES string of the molecule is c1ccc(N(c2ccc(N(c3ccccc3)c3ccc(N(c4ccccc4)c4ccc(N(c5ccccc5)c5cccc6ccccc56)cc4)c4nsnc34)cc2)c2cccc3ccccc23)cc1. The molecule has 11 aromatic carbocycles. The smallest absolute Gasteiger partial charge is 0.130 e. The zero-order valence-corrected chi connectivity index (χ0v) is 38.3. The molecule has 7 heteroatoms. The Kier molecular flexibility index (Phi) is 11.0. The maximum atomic E-state index is 5.05. The number of anilines is 12. The highest BCUT2D eigenvalue weighted by atomic mass is 32.1. The lowest BCUT2D eigenvalue weighted by Gasteiger charge is -2.30. The van der Waals surface area contributed by atoms with Crippen LogP contribution in [0.1, 0.15) is 0 Å². The Balaban J connectivity index is 0.953. The van der Waals surface area contributed by atoms with Gasteiger partial charge in [0.25, 0.3) is 0 Å². The van der Waals surface area contributed by atoms with Gasteiger partial charge < -0.3 is 19.6 Å². The average molecular weight is 905 g/mol. The molecule has 0 bridgehead atoms. The number of nitrogens with zero attached hydrogens (tertiary/aromatic N) is 6. The Morgan fingerprint density at radius 1 is 0.217 bits per heavy atom. The van der Waals surface area contributed by atoms with Crippen molar-refractivity contribution in [2.75, 3.05) is 19.6 Å². The van der Waals surface area contributed by atoms with E-state index in [1.54, 1.807) is 0 Å². The predicted molar refractivity (Wildman–Crippen MR) is 291 cm³/mol. The van der Waals surface area contributed by atoms with Gasteiger partial charge in [-0.1, -0.05) is 146 Å². The molecule has 69 heavy (non-hydrogen) atoms. The van der Waals surface area contributed by atoms with Crippen molar-refractivity contribution in [3.05, 3.63) is 267 Å². The van der Waals surface area contributed by atoms with Gasteiger partial charge in [0.15, 0.2) is 0 Å². The van der Waals surface area contributed by atoms with E-state index in [2.05, 4.69) is 287 Å². The molecule has 0 N–H and O–H groups in total. The van der Waals surface area contributed by atoms with Crippen molar-refractivity contribution >= 4 is 113 Å². The Morgan fingerprint density at radius 3 is 0.812 bits per heavy atom. The van der Waals surface area contributed by atoms with E-state index in [1.165, 1.54) is 33.3 Å². The maximum Gasteiger partial charge on any atom is 0.130 e. The lowest BCUT2D eigenvalue weighted by molar-refractivity contribution is 1.25. The summed E-state index contributed by atoms with van der Waals surface area (Å²) in [5, 5.41) is 4.77. The highest BCUT2D eigenvalue weighted by Crippen LogP contribution is 2.47. The average Bonchev–Trinajstić information content (AvgIpc) is 3.93. The van der Waals surface area contributed by atoms with Gasteiger partial charge in [-0.3, -0.25) is 0 Å². The summed E-state index contributed by atoms with van der Waals surface area (Å²) >= 11 is 1.24. The van der Waals surface area contributed by atoms with E-state index in [1.807, 2.05) is 0 Å². The number of aromatic nitrogens is 2. The molecule has 12 rings (SSSR count). The summed E-state index contributed by atoms with van der Waals surface area (Å²) in [5.74, 6) is 0. The van der Waals surface area contributed by atoms with Crippen LogP contribution in [-0.2, 0) is 0 Å². The first kappa shape index (κ1) is 41.4. The number of hydrogen-bond acceptors (Lipinski definition) is 7. The van der Waals surface area contributed by atoms with Gasteiger partial charge in [0, 0.05) is 56.3 Å². The second-order valence-corrected chi connectivity index (χ2v) is 17.3. The number of rotatable bonds is 12. The first-order valence-electron chi connectivity index (χ1n) is 23.1. The molecule has 0 fully saturated rings. The summed E-state index contributed by atoms with van der Waals surface area (Å²) in [5.41, 5.74) is 14.1. The van der Waals surface area contributed by atoms with E-state index in [0.717, 1.165) is 79.3 Å². The molecule has 0 spiro atoms. The molecule has 0 aliphatic rings. The third-order valence-electron chi connectivity index (χ3n) is 12.7. The molecule has 12 aromatic rings. The molecule has 1 heterocycles. The Labute approximate surface area is 405 Å². The fourth-order valence-electron chi connectivity index (χ4n) is 9.53. The van der Waals surface area contributed by atoms with Gasteiger partial charge in [0.2, 0.25) is 0 Å².